The number of benzene rings is 2. The van der Waals surface area contributed by atoms with Crippen molar-refractivity contribution in [2.24, 2.45) is 0 Å². The van der Waals surface area contributed by atoms with Crippen molar-refractivity contribution in [3.63, 3.8) is 0 Å². The molecule has 5 rings (SSSR count). The Hall–Kier alpha value is -2.48. The van der Waals surface area contributed by atoms with Crippen molar-refractivity contribution >= 4 is 23.5 Å². The van der Waals surface area contributed by atoms with Crippen LogP contribution in [0.3, 0.4) is 0 Å². The predicted octanol–water partition coefficient (Wildman–Crippen LogP) is 5.70. The summed E-state index contributed by atoms with van der Waals surface area (Å²) < 4.78 is 0. The quantitative estimate of drug-likeness (QED) is 0.681. The largest absolute Gasteiger partial charge is 0.370 e. The minimum atomic E-state index is 0.124. The maximum absolute atomic E-state index is 2.49. The molecule has 0 amide bonds. The lowest BCUT2D eigenvalue weighted by Crippen LogP contribution is -2.26. The molecule has 0 N–H and O–H groups in total. The molecule has 0 bridgehead atoms. The Balaban J connectivity index is 1.83. The van der Waals surface area contributed by atoms with Gasteiger partial charge in [-0.1, -0.05) is 38.2 Å². The molecule has 0 spiro atoms. The summed E-state index contributed by atoms with van der Waals surface area (Å²) in [5, 5.41) is 0. The van der Waals surface area contributed by atoms with E-state index in [-0.39, 0.29) is 5.41 Å². The summed E-state index contributed by atoms with van der Waals surface area (Å²) in [6.45, 7) is 6.70. The molecule has 0 aromatic heterocycles. The molecule has 0 radical (unpaired) electrons. The Kier molecular flexibility index (Phi) is 3.56. The van der Waals surface area contributed by atoms with E-state index >= 15 is 0 Å². The zero-order valence-electron chi connectivity index (χ0n) is 16.8. The number of hydrogen-bond acceptors (Lipinski definition) is 2. The molecule has 2 aromatic carbocycles. The summed E-state index contributed by atoms with van der Waals surface area (Å²) in [6, 6.07) is 9.84. The average molecular weight is 357 g/mol. The van der Waals surface area contributed by atoms with Gasteiger partial charge in [0.25, 0.3) is 0 Å². The van der Waals surface area contributed by atoms with Crippen LogP contribution in [0.5, 0.6) is 0 Å². The van der Waals surface area contributed by atoms with E-state index in [1.54, 1.807) is 0 Å². The first-order chi connectivity index (χ1) is 13.1. The molecule has 27 heavy (non-hydrogen) atoms. The minimum absolute atomic E-state index is 0.124. The zero-order chi connectivity index (χ0) is 18.8. The van der Waals surface area contributed by atoms with Gasteiger partial charge in [0.05, 0.1) is 0 Å². The smallest absolute Gasteiger partial charge is 0.0443 e. The van der Waals surface area contributed by atoms with E-state index in [2.05, 4.69) is 86.3 Å². The third kappa shape index (κ3) is 2.13. The van der Waals surface area contributed by atoms with Crippen LogP contribution in [0.1, 0.15) is 48.9 Å². The average Bonchev–Trinajstić information content (AvgIpc) is 2.95. The number of nitrogens with zero attached hydrogens (tertiary/aromatic N) is 2. The molecule has 0 saturated heterocycles. The first-order valence-electron chi connectivity index (χ1n) is 10.2. The van der Waals surface area contributed by atoms with Crippen LogP contribution in [-0.2, 0) is 5.41 Å². The van der Waals surface area contributed by atoms with E-state index in [0.717, 1.165) is 25.9 Å². The number of hydrogen-bond donors (Lipinski definition) is 0. The Morgan fingerprint density at radius 2 is 1.19 bits per heavy atom. The summed E-state index contributed by atoms with van der Waals surface area (Å²) in [5.74, 6) is 0. The molecule has 0 unspecified atom stereocenters. The molecule has 138 valence electrons. The molecule has 2 aromatic rings. The number of fused-ring (bicyclic) bond motifs is 5. The second-order valence-corrected chi connectivity index (χ2v) is 8.27. The molecular formula is C25H28N2. The van der Waals surface area contributed by atoms with Gasteiger partial charge in [0.15, 0.2) is 0 Å². The number of likely N-dealkylation sites (N-methyl/N-ethyl adjacent to an activating group) is 2. The van der Waals surface area contributed by atoms with Crippen LogP contribution in [0.25, 0.3) is 23.3 Å². The van der Waals surface area contributed by atoms with Crippen molar-refractivity contribution in [3.8, 4) is 11.1 Å². The fourth-order valence-electron chi connectivity index (χ4n) is 5.40. The van der Waals surface area contributed by atoms with E-state index in [1.165, 1.54) is 44.8 Å². The van der Waals surface area contributed by atoms with E-state index in [0.29, 0.717) is 0 Å². The molecule has 0 saturated carbocycles. The second-order valence-electron chi connectivity index (χ2n) is 8.27. The van der Waals surface area contributed by atoms with Crippen molar-refractivity contribution in [2.75, 3.05) is 37.0 Å². The second kappa shape index (κ2) is 5.76. The molecule has 2 aliphatic heterocycles. The molecule has 0 atom stereocenters. The van der Waals surface area contributed by atoms with Crippen molar-refractivity contribution < 1.29 is 0 Å². The van der Waals surface area contributed by atoms with E-state index < -0.39 is 0 Å². The lowest BCUT2D eigenvalue weighted by molar-refractivity contribution is 0.490. The Morgan fingerprint density at radius 3 is 1.59 bits per heavy atom. The van der Waals surface area contributed by atoms with Crippen LogP contribution < -0.4 is 9.80 Å². The maximum Gasteiger partial charge on any atom is 0.0443 e. The number of rotatable bonds is 2. The summed E-state index contributed by atoms with van der Waals surface area (Å²) in [4.78, 5) is 4.74. The van der Waals surface area contributed by atoms with Crippen LogP contribution in [0.4, 0.5) is 11.4 Å². The molecule has 3 aliphatic rings. The van der Waals surface area contributed by atoms with Crippen molar-refractivity contribution in [2.45, 2.75) is 32.1 Å². The highest BCUT2D eigenvalue weighted by Crippen LogP contribution is 2.55. The first-order valence-corrected chi connectivity index (χ1v) is 10.2. The minimum Gasteiger partial charge on any atom is -0.370 e. The molecule has 1 aliphatic carbocycles. The number of anilines is 2. The van der Waals surface area contributed by atoms with Gasteiger partial charge < -0.3 is 9.80 Å². The summed E-state index contributed by atoms with van der Waals surface area (Å²) in [6.07, 6.45) is 11.4. The molecule has 0 fully saturated rings. The summed E-state index contributed by atoms with van der Waals surface area (Å²) in [7, 11) is 4.41. The summed E-state index contributed by atoms with van der Waals surface area (Å²) in [5.41, 5.74) is 11.5. The van der Waals surface area contributed by atoms with Gasteiger partial charge in [0.1, 0.15) is 0 Å². The van der Waals surface area contributed by atoms with E-state index in [1.807, 2.05) is 0 Å². The Labute approximate surface area is 162 Å². The summed E-state index contributed by atoms with van der Waals surface area (Å²) >= 11 is 0. The highest BCUT2D eigenvalue weighted by molar-refractivity contribution is 5.90. The van der Waals surface area contributed by atoms with Crippen LogP contribution in [0.2, 0.25) is 0 Å². The Morgan fingerprint density at radius 1 is 0.741 bits per heavy atom. The van der Waals surface area contributed by atoms with Crippen LogP contribution in [0.15, 0.2) is 36.4 Å². The standard InChI is InChI=1S/C25H28N2/c1-5-25(6-2)21-15-23-17(9-7-11-26(23)3)13-19(21)20-14-18-10-8-12-27(4)24(18)16-22(20)25/h7-10,13-16H,5-6,11-12H2,1-4H3. The Bertz CT molecular complexity index is 914. The zero-order valence-corrected chi connectivity index (χ0v) is 16.8. The van der Waals surface area contributed by atoms with Gasteiger partial charge in [-0.05, 0) is 70.5 Å². The van der Waals surface area contributed by atoms with Crippen molar-refractivity contribution in [3.05, 3.63) is 58.7 Å². The van der Waals surface area contributed by atoms with Crippen molar-refractivity contribution in [1.82, 2.24) is 0 Å². The molecular weight excluding hydrogens is 328 g/mol. The van der Waals surface area contributed by atoms with Gasteiger partial charge in [-0.15, -0.1) is 0 Å². The van der Waals surface area contributed by atoms with Gasteiger partial charge in [0.2, 0.25) is 0 Å². The lowest BCUT2D eigenvalue weighted by Gasteiger charge is -2.33. The van der Waals surface area contributed by atoms with Gasteiger partial charge in [-0.3, -0.25) is 0 Å². The first kappa shape index (κ1) is 16.7. The van der Waals surface area contributed by atoms with Crippen LogP contribution >= 0.6 is 0 Å². The molecule has 2 nitrogen and oxygen atoms in total. The van der Waals surface area contributed by atoms with Gasteiger partial charge in [-0.25, -0.2) is 0 Å². The van der Waals surface area contributed by atoms with Gasteiger partial charge in [0, 0.05) is 44.0 Å². The monoisotopic (exact) mass is 356 g/mol. The maximum atomic E-state index is 2.49. The van der Waals surface area contributed by atoms with E-state index in [4.69, 9.17) is 0 Å². The fourth-order valence-corrected chi connectivity index (χ4v) is 5.40. The normalized spacial score (nSPS) is 18.2. The fraction of sp³-hybridized carbons (Fsp3) is 0.360. The van der Waals surface area contributed by atoms with Gasteiger partial charge in [-0.2, -0.15) is 0 Å². The third-order valence-corrected chi connectivity index (χ3v) is 7.04. The highest BCUT2D eigenvalue weighted by atomic mass is 15.1. The highest BCUT2D eigenvalue weighted by Gasteiger charge is 2.42. The SMILES string of the molecule is CCC1(CC)c2cc3c(cc2-c2cc4c(cc21)N(C)CC=C4)C=CCN3C. The van der Waals surface area contributed by atoms with Gasteiger partial charge >= 0.3 is 0 Å². The van der Waals surface area contributed by atoms with E-state index in [9.17, 15) is 0 Å². The lowest BCUT2D eigenvalue weighted by atomic mass is 9.73. The van der Waals surface area contributed by atoms with Crippen LogP contribution in [0, 0.1) is 0 Å². The molecule has 2 heteroatoms. The van der Waals surface area contributed by atoms with Crippen molar-refractivity contribution in [1.29, 1.82) is 0 Å². The predicted molar refractivity (Wildman–Crippen MR) is 118 cm³/mol. The molecule has 2 heterocycles. The third-order valence-electron chi connectivity index (χ3n) is 7.04. The topological polar surface area (TPSA) is 6.48 Å². The van der Waals surface area contributed by atoms with Crippen LogP contribution in [-0.4, -0.2) is 27.2 Å².